The van der Waals surface area contributed by atoms with E-state index in [2.05, 4.69) is 4.98 Å². The molecule has 4 rings (SSSR count). The van der Waals surface area contributed by atoms with Crippen LogP contribution < -0.4 is 5.56 Å². The summed E-state index contributed by atoms with van der Waals surface area (Å²) >= 11 is 22.8. The van der Waals surface area contributed by atoms with Crippen molar-refractivity contribution in [3.05, 3.63) is 95.4 Å². The van der Waals surface area contributed by atoms with E-state index in [-0.39, 0.29) is 52.6 Å². The first-order valence-electron chi connectivity index (χ1n) is 10.7. The predicted molar refractivity (Wildman–Crippen MR) is 145 cm³/mol. The SMILES string of the molecule is Cc1cc(F)c(-n2cnc3ccc(F)cc3c2=O)cc1S(=O)CC(F)(F)F.N#Cc1c(Cl)c(Cl)c(Cl)c(C#N)c1Cl. The molecule has 4 aromatic rings. The Morgan fingerprint density at radius 2 is 1.54 bits per heavy atom. The smallest absolute Gasteiger partial charge is 0.268 e. The zero-order chi connectivity index (χ0) is 30.8. The van der Waals surface area contributed by atoms with Gasteiger partial charge < -0.3 is 0 Å². The maximum atomic E-state index is 14.4. The van der Waals surface area contributed by atoms with E-state index in [0.717, 1.165) is 35.2 Å². The summed E-state index contributed by atoms with van der Waals surface area (Å²) in [7, 11) is -2.48. The summed E-state index contributed by atoms with van der Waals surface area (Å²) < 4.78 is 78.2. The zero-order valence-electron chi connectivity index (χ0n) is 20.1. The first-order chi connectivity index (χ1) is 19.1. The Kier molecular flexibility index (Phi) is 10.0. The minimum Gasteiger partial charge on any atom is -0.268 e. The largest absolute Gasteiger partial charge is 0.400 e. The fourth-order valence-corrected chi connectivity index (χ4v) is 5.58. The fraction of sp³-hybridized carbons (Fsp3) is 0.120. The van der Waals surface area contributed by atoms with Gasteiger partial charge in [-0.3, -0.25) is 13.6 Å². The Labute approximate surface area is 250 Å². The lowest BCUT2D eigenvalue weighted by molar-refractivity contribution is -0.105. The Hall–Kier alpha value is -3.26. The first kappa shape index (κ1) is 32.3. The molecule has 1 aromatic heterocycles. The number of hydrogen-bond donors (Lipinski definition) is 0. The molecule has 1 unspecified atom stereocenters. The molecule has 3 aromatic carbocycles. The van der Waals surface area contributed by atoms with Crippen molar-refractivity contribution < 1.29 is 26.2 Å². The van der Waals surface area contributed by atoms with E-state index in [1.54, 1.807) is 12.1 Å². The third kappa shape index (κ3) is 6.97. The van der Waals surface area contributed by atoms with Gasteiger partial charge in [0.15, 0.2) is 0 Å². The summed E-state index contributed by atoms with van der Waals surface area (Å²) in [5, 5.41) is 17.1. The van der Waals surface area contributed by atoms with Gasteiger partial charge in [-0.05, 0) is 42.8 Å². The zero-order valence-corrected chi connectivity index (χ0v) is 23.9. The normalized spacial score (nSPS) is 11.8. The Bertz CT molecular complexity index is 1830. The van der Waals surface area contributed by atoms with Gasteiger partial charge in [0, 0.05) is 4.90 Å². The molecule has 16 heteroatoms. The van der Waals surface area contributed by atoms with E-state index in [1.165, 1.54) is 13.0 Å². The van der Waals surface area contributed by atoms with E-state index in [1.807, 2.05) is 0 Å². The number of halogens is 9. The third-order valence-electron chi connectivity index (χ3n) is 5.25. The minimum absolute atomic E-state index is 0.0363. The number of nitrogens with zero attached hydrogens (tertiary/aromatic N) is 4. The van der Waals surface area contributed by atoms with Crippen LogP contribution in [0.4, 0.5) is 22.0 Å². The quantitative estimate of drug-likeness (QED) is 0.127. The van der Waals surface area contributed by atoms with E-state index >= 15 is 0 Å². The van der Waals surface area contributed by atoms with Gasteiger partial charge in [-0.15, -0.1) is 0 Å². The molecule has 0 saturated carbocycles. The molecule has 0 saturated heterocycles. The molecule has 0 amide bonds. The number of aromatic nitrogens is 2. The topological polar surface area (TPSA) is 99.5 Å². The second-order valence-electron chi connectivity index (χ2n) is 7.98. The third-order valence-corrected chi connectivity index (χ3v) is 8.48. The minimum atomic E-state index is -4.68. The monoisotopic (exact) mass is 666 g/mol. The lowest BCUT2D eigenvalue weighted by Crippen LogP contribution is -2.22. The highest BCUT2D eigenvalue weighted by molar-refractivity contribution is 7.85. The number of fused-ring (bicyclic) bond motifs is 1. The van der Waals surface area contributed by atoms with Crippen molar-refractivity contribution in [2.45, 2.75) is 18.0 Å². The molecule has 0 spiro atoms. The Morgan fingerprint density at radius 1 is 0.951 bits per heavy atom. The summed E-state index contributed by atoms with van der Waals surface area (Å²) in [5.41, 5.74) is -1.10. The summed E-state index contributed by atoms with van der Waals surface area (Å²) in [6.07, 6.45) is -3.70. The molecule has 0 fully saturated rings. The van der Waals surface area contributed by atoms with E-state index in [0.29, 0.717) is 0 Å². The molecule has 6 nitrogen and oxygen atoms in total. The number of aryl methyl sites for hydroxylation is 1. The highest BCUT2D eigenvalue weighted by Crippen LogP contribution is 2.40. The standard InChI is InChI=1S/C17H11F5N2O2S.C8Cl4N2/c1-9-4-12(19)14(6-15(9)27(26)7-17(20,21)22)24-8-23-13-3-2-10(18)5-11(13)16(24)25;9-5-3(1-13)6(10)8(12)7(11)4(5)2-14/h2-6,8H,7H2,1H3;. The molecule has 0 aliphatic rings. The van der Waals surface area contributed by atoms with Crippen LogP contribution in [0.5, 0.6) is 0 Å². The van der Waals surface area contributed by atoms with Crippen LogP contribution in [0.2, 0.25) is 20.1 Å². The second-order valence-corrected chi connectivity index (χ2v) is 10.9. The fourth-order valence-electron chi connectivity index (χ4n) is 3.39. The molecule has 0 bridgehead atoms. The predicted octanol–water partition coefficient (Wildman–Crippen LogP) is 7.69. The van der Waals surface area contributed by atoms with Crippen molar-refractivity contribution >= 4 is 68.1 Å². The molecule has 41 heavy (non-hydrogen) atoms. The van der Waals surface area contributed by atoms with Crippen LogP contribution in [0.15, 0.2) is 46.3 Å². The van der Waals surface area contributed by atoms with Gasteiger partial charge in [-0.25, -0.2) is 13.8 Å². The average molecular weight is 668 g/mol. The van der Waals surface area contributed by atoms with E-state index < -0.39 is 45.6 Å². The van der Waals surface area contributed by atoms with Crippen molar-refractivity contribution in [3.63, 3.8) is 0 Å². The second kappa shape index (κ2) is 12.7. The summed E-state index contributed by atoms with van der Waals surface area (Å²) in [6.45, 7) is 1.31. The number of nitriles is 2. The molecule has 212 valence electrons. The number of benzene rings is 3. The molecule has 1 heterocycles. The van der Waals surface area contributed by atoms with E-state index in [4.69, 9.17) is 56.9 Å². The van der Waals surface area contributed by atoms with Crippen molar-refractivity contribution in [3.8, 4) is 17.8 Å². The number of alkyl halides is 3. The van der Waals surface area contributed by atoms with Crippen molar-refractivity contribution in [1.29, 1.82) is 10.5 Å². The molecule has 0 aliphatic carbocycles. The van der Waals surface area contributed by atoms with Crippen LogP contribution in [-0.2, 0) is 10.8 Å². The number of hydrogen-bond acceptors (Lipinski definition) is 5. The van der Waals surface area contributed by atoms with Gasteiger partial charge in [0.1, 0.15) is 35.9 Å². The van der Waals surface area contributed by atoms with Crippen LogP contribution in [-0.4, -0.2) is 25.7 Å². The maximum Gasteiger partial charge on any atom is 0.400 e. The van der Waals surface area contributed by atoms with Gasteiger partial charge in [0.25, 0.3) is 5.56 Å². The Morgan fingerprint density at radius 3 is 2.07 bits per heavy atom. The van der Waals surface area contributed by atoms with E-state index in [9.17, 15) is 31.0 Å². The molecular formula is C25H11Cl4F5N4O2S. The maximum absolute atomic E-state index is 14.4. The molecule has 0 N–H and O–H groups in total. The van der Waals surface area contributed by atoms with Gasteiger partial charge >= 0.3 is 6.18 Å². The molecule has 0 radical (unpaired) electrons. The average Bonchev–Trinajstić information content (AvgIpc) is 2.88. The van der Waals surface area contributed by atoms with Crippen LogP contribution in [0.1, 0.15) is 16.7 Å². The van der Waals surface area contributed by atoms with Gasteiger partial charge in [-0.1, -0.05) is 46.4 Å². The van der Waals surface area contributed by atoms with Crippen molar-refractivity contribution in [2.24, 2.45) is 0 Å². The number of rotatable bonds is 3. The van der Waals surface area contributed by atoms with Gasteiger partial charge in [0.05, 0.1) is 58.6 Å². The molecule has 1 atom stereocenters. The first-order valence-corrected chi connectivity index (χ1v) is 13.5. The lowest BCUT2D eigenvalue weighted by atomic mass is 10.1. The summed E-state index contributed by atoms with van der Waals surface area (Å²) in [6, 6.07) is 8.60. The summed E-state index contributed by atoms with van der Waals surface area (Å²) in [4.78, 5) is 16.2. The van der Waals surface area contributed by atoms with Crippen molar-refractivity contribution in [2.75, 3.05) is 5.75 Å². The lowest BCUT2D eigenvalue weighted by Gasteiger charge is -2.13. The molecular weight excluding hydrogens is 657 g/mol. The van der Waals surface area contributed by atoms with Crippen molar-refractivity contribution in [1.82, 2.24) is 9.55 Å². The summed E-state index contributed by atoms with van der Waals surface area (Å²) in [5.74, 6) is -3.22. The van der Waals surface area contributed by atoms with Crippen LogP contribution in [0.3, 0.4) is 0 Å². The van der Waals surface area contributed by atoms with Gasteiger partial charge in [0.2, 0.25) is 0 Å². The Balaban J connectivity index is 0.000000278. The highest BCUT2D eigenvalue weighted by Gasteiger charge is 2.32. The van der Waals surface area contributed by atoms with Crippen LogP contribution in [0.25, 0.3) is 16.6 Å². The van der Waals surface area contributed by atoms with Crippen LogP contribution in [0, 0.1) is 41.2 Å². The molecule has 0 aliphatic heterocycles. The highest BCUT2D eigenvalue weighted by atomic mass is 35.5. The van der Waals surface area contributed by atoms with Crippen LogP contribution >= 0.6 is 46.4 Å². The van der Waals surface area contributed by atoms with Gasteiger partial charge in [-0.2, -0.15) is 23.7 Å².